The first-order chi connectivity index (χ1) is 10.2. The van der Waals surface area contributed by atoms with Crippen LogP contribution in [-0.4, -0.2) is 62.3 Å². The molecule has 0 spiro atoms. The number of carbonyl (C=O) groups is 2. The third-order valence-corrected chi connectivity index (χ3v) is 3.45. The molecule has 8 heteroatoms. The summed E-state index contributed by atoms with van der Waals surface area (Å²) in [7, 11) is 0. The van der Waals surface area contributed by atoms with Crippen molar-refractivity contribution in [2.45, 2.75) is 12.5 Å². The minimum Gasteiger partial charge on any atom is -0.481 e. The molecule has 0 radical (unpaired) electrons. The molecule has 110 valence electrons. The third kappa shape index (κ3) is 2.57. The van der Waals surface area contributed by atoms with Gasteiger partial charge in [-0.25, -0.2) is 4.52 Å². The average Bonchev–Trinajstić information content (AvgIpc) is 2.90. The molecule has 2 aromatic rings. The second-order valence-electron chi connectivity index (χ2n) is 4.79. The molecular weight excluding hydrogens is 276 g/mol. The molecule has 3 rings (SSSR count). The highest BCUT2D eigenvalue weighted by Crippen LogP contribution is 2.18. The van der Waals surface area contributed by atoms with E-state index in [1.54, 1.807) is 28.0 Å². The van der Waals surface area contributed by atoms with Crippen LogP contribution < -0.4 is 0 Å². The maximum atomic E-state index is 12.7. The summed E-state index contributed by atoms with van der Waals surface area (Å²) in [6, 6.07) is -0.463. The number of morpholine rings is 1. The van der Waals surface area contributed by atoms with E-state index in [-0.39, 0.29) is 18.9 Å². The van der Waals surface area contributed by atoms with Crippen LogP contribution in [0.1, 0.15) is 16.8 Å². The summed E-state index contributed by atoms with van der Waals surface area (Å²) in [6.07, 6.45) is 6.14. The van der Waals surface area contributed by atoms with Crippen LogP contribution in [0.3, 0.4) is 0 Å². The molecular formula is C13H14N4O4. The second kappa shape index (κ2) is 5.49. The van der Waals surface area contributed by atoms with Gasteiger partial charge in [-0.3, -0.25) is 14.6 Å². The summed E-state index contributed by atoms with van der Waals surface area (Å²) in [5.74, 6) is -1.20. The van der Waals surface area contributed by atoms with Crippen LogP contribution >= 0.6 is 0 Å². The van der Waals surface area contributed by atoms with E-state index in [2.05, 4.69) is 10.1 Å². The zero-order valence-corrected chi connectivity index (χ0v) is 11.2. The summed E-state index contributed by atoms with van der Waals surface area (Å²) in [5, 5.41) is 13.0. The molecule has 1 unspecified atom stereocenters. The molecule has 0 bridgehead atoms. The van der Waals surface area contributed by atoms with Crippen molar-refractivity contribution in [3.8, 4) is 0 Å². The van der Waals surface area contributed by atoms with Crippen LogP contribution in [0.2, 0.25) is 0 Å². The van der Waals surface area contributed by atoms with Gasteiger partial charge in [-0.05, 0) is 0 Å². The Bertz CT molecular complexity index is 684. The van der Waals surface area contributed by atoms with Gasteiger partial charge in [0.25, 0.3) is 5.91 Å². The first-order valence-corrected chi connectivity index (χ1v) is 6.54. The number of nitrogens with zero attached hydrogens (tertiary/aromatic N) is 4. The molecule has 21 heavy (non-hydrogen) atoms. The molecule has 0 aliphatic carbocycles. The van der Waals surface area contributed by atoms with Crippen molar-refractivity contribution in [1.82, 2.24) is 19.5 Å². The number of carbonyl (C=O) groups excluding carboxylic acids is 1. The molecule has 1 fully saturated rings. The molecule has 1 amide bonds. The van der Waals surface area contributed by atoms with Crippen molar-refractivity contribution >= 4 is 17.4 Å². The van der Waals surface area contributed by atoms with Gasteiger partial charge < -0.3 is 14.7 Å². The molecule has 1 aliphatic heterocycles. The molecule has 3 heterocycles. The molecule has 8 nitrogen and oxygen atoms in total. The van der Waals surface area contributed by atoms with Gasteiger partial charge in [0, 0.05) is 18.9 Å². The van der Waals surface area contributed by atoms with Crippen molar-refractivity contribution in [3.05, 3.63) is 30.4 Å². The van der Waals surface area contributed by atoms with E-state index in [0.29, 0.717) is 24.2 Å². The Kier molecular flexibility index (Phi) is 3.53. The van der Waals surface area contributed by atoms with Crippen LogP contribution in [0.25, 0.3) is 5.52 Å². The number of fused-ring (bicyclic) bond motifs is 1. The first-order valence-electron chi connectivity index (χ1n) is 6.54. The fourth-order valence-corrected chi connectivity index (χ4v) is 2.45. The Morgan fingerprint density at radius 2 is 2.29 bits per heavy atom. The zero-order chi connectivity index (χ0) is 14.8. The fourth-order valence-electron chi connectivity index (χ4n) is 2.45. The Balaban J connectivity index is 1.90. The molecule has 1 aliphatic rings. The second-order valence-corrected chi connectivity index (χ2v) is 4.79. The number of amides is 1. The van der Waals surface area contributed by atoms with Crippen LogP contribution in [0.4, 0.5) is 0 Å². The van der Waals surface area contributed by atoms with Crippen molar-refractivity contribution < 1.29 is 19.4 Å². The number of hydrogen-bond donors (Lipinski definition) is 1. The lowest BCUT2D eigenvalue weighted by Crippen LogP contribution is -2.49. The topological polar surface area (TPSA) is 97.0 Å². The number of ether oxygens (including phenoxy) is 1. The monoisotopic (exact) mass is 290 g/mol. The van der Waals surface area contributed by atoms with Crippen molar-refractivity contribution in [3.63, 3.8) is 0 Å². The molecule has 2 aromatic heterocycles. The largest absolute Gasteiger partial charge is 0.481 e. The highest BCUT2D eigenvalue weighted by molar-refractivity contribution is 6.00. The van der Waals surface area contributed by atoms with Gasteiger partial charge in [-0.15, -0.1) is 0 Å². The number of aromatic nitrogens is 3. The van der Waals surface area contributed by atoms with Gasteiger partial charge in [0.15, 0.2) is 0 Å². The number of hydrogen-bond acceptors (Lipinski definition) is 5. The Labute approximate surface area is 119 Å². The maximum Gasteiger partial charge on any atom is 0.305 e. The van der Waals surface area contributed by atoms with E-state index in [1.807, 2.05) is 0 Å². The van der Waals surface area contributed by atoms with E-state index in [1.165, 1.54) is 6.20 Å². The van der Waals surface area contributed by atoms with Gasteiger partial charge >= 0.3 is 5.97 Å². The lowest BCUT2D eigenvalue weighted by molar-refractivity contribution is -0.139. The minimum atomic E-state index is -0.954. The predicted molar refractivity (Wildman–Crippen MR) is 70.9 cm³/mol. The van der Waals surface area contributed by atoms with Gasteiger partial charge in [0.05, 0.1) is 49.2 Å². The molecule has 1 saturated heterocycles. The summed E-state index contributed by atoms with van der Waals surface area (Å²) >= 11 is 0. The number of carboxylic acid groups (broad SMARTS) is 1. The Morgan fingerprint density at radius 1 is 1.43 bits per heavy atom. The van der Waals surface area contributed by atoms with Gasteiger partial charge in [-0.1, -0.05) is 0 Å². The summed E-state index contributed by atoms with van der Waals surface area (Å²) in [5.41, 5.74) is 1.02. The highest BCUT2D eigenvalue weighted by Gasteiger charge is 2.31. The third-order valence-electron chi connectivity index (χ3n) is 3.45. The van der Waals surface area contributed by atoms with E-state index in [9.17, 15) is 9.59 Å². The van der Waals surface area contributed by atoms with Crippen molar-refractivity contribution in [2.75, 3.05) is 19.8 Å². The number of carboxylic acids is 1. The van der Waals surface area contributed by atoms with Crippen LogP contribution in [-0.2, 0) is 9.53 Å². The highest BCUT2D eigenvalue weighted by atomic mass is 16.5. The zero-order valence-electron chi connectivity index (χ0n) is 11.2. The summed E-state index contributed by atoms with van der Waals surface area (Å²) in [4.78, 5) is 29.1. The predicted octanol–water partition coefficient (Wildman–Crippen LogP) is 0.0450. The SMILES string of the molecule is O=C(O)CC1COCCN1C(=O)c1cnn2ccncc12. The van der Waals surface area contributed by atoms with Gasteiger partial charge in [0.2, 0.25) is 0 Å². The fraction of sp³-hybridized carbons (Fsp3) is 0.385. The lowest BCUT2D eigenvalue weighted by atomic mass is 10.1. The summed E-state index contributed by atoms with van der Waals surface area (Å²) < 4.78 is 6.84. The first kappa shape index (κ1) is 13.5. The minimum absolute atomic E-state index is 0.136. The standard InChI is InChI=1S/C13H14N4O4/c18-12(19)5-9-8-21-4-3-16(9)13(20)10-6-15-17-2-1-14-7-11(10)17/h1-2,6-7,9H,3-5,8H2,(H,18,19). The average molecular weight is 290 g/mol. The number of rotatable bonds is 3. The molecule has 0 saturated carbocycles. The van der Waals surface area contributed by atoms with Gasteiger partial charge in [-0.2, -0.15) is 5.10 Å². The molecule has 1 atom stereocenters. The summed E-state index contributed by atoms with van der Waals surface area (Å²) in [6.45, 7) is 1.00. The van der Waals surface area contributed by atoms with Crippen LogP contribution in [0, 0.1) is 0 Å². The Morgan fingerprint density at radius 3 is 3.10 bits per heavy atom. The van der Waals surface area contributed by atoms with E-state index >= 15 is 0 Å². The smallest absolute Gasteiger partial charge is 0.305 e. The normalized spacial score (nSPS) is 18.9. The number of aliphatic carboxylic acids is 1. The lowest BCUT2D eigenvalue weighted by Gasteiger charge is -2.34. The maximum absolute atomic E-state index is 12.7. The van der Waals surface area contributed by atoms with Crippen LogP contribution in [0.15, 0.2) is 24.8 Å². The molecule has 0 aromatic carbocycles. The Hall–Kier alpha value is -2.48. The quantitative estimate of drug-likeness (QED) is 0.857. The van der Waals surface area contributed by atoms with Crippen molar-refractivity contribution in [2.24, 2.45) is 0 Å². The molecule has 1 N–H and O–H groups in total. The van der Waals surface area contributed by atoms with E-state index in [4.69, 9.17) is 9.84 Å². The van der Waals surface area contributed by atoms with E-state index in [0.717, 1.165) is 0 Å². The van der Waals surface area contributed by atoms with Crippen molar-refractivity contribution in [1.29, 1.82) is 0 Å². The van der Waals surface area contributed by atoms with Crippen LogP contribution in [0.5, 0.6) is 0 Å². The van der Waals surface area contributed by atoms with Gasteiger partial charge in [0.1, 0.15) is 0 Å². The van der Waals surface area contributed by atoms with E-state index < -0.39 is 12.0 Å².